The molecule has 1 saturated heterocycles. The largest absolute Gasteiger partial charge is 0.330 e. The summed E-state index contributed by atoms with van der Waals surface area (Å²) in [7, 11) is -1.76. The second-order valence-electron chi connectivity index (χ2n) is 4.74. The second-order valence-corrected chi connectivity index (χ2v) is 6.63. The van der Waals surface area contributed by atoms with Crippen molar-refractivity contribution in [2.75, 3.05) is 19.6 Å². The summed E-state index contributed by atoms with van der Waals surface area (Å²) in [6, 6.07) is 1.54. The molecule has 1 fully saturated rings. The standard InChI is InChI=1S/C11H20N4O2S.ClH/c1-14-11(5-7-13-14)18(16,17)15-8-2-3-10(9-15)4-6-12;/h5,7,10H,2-4,6,8-9,12H2,1H3;1H. The second kappa shape index (κ2) is 6.69. The van der Waals surface area contributed by atoms with Crippen molar-refractivity contribution in [1.82, 2.24) is 14.1 Å². The van der Waals surface area contributed by atoms with Crippen LogP contribution >= 0.6 is 12.4 Å². The minimum Gasteiger partial charge on any atom is -0.330 e. The molecule has 6 nitrogen and oxygen atoms in total. The molecule has 1 aromatic rings. The van der Waals surface area contributed by atoms with E-state index >= 15 is 0 Å². The molecule has 8 heteroatoms. The maximum Gasteiger partial charge on any atom is 0.260 e. The minimum absolute atomic E-state index is 0. The predicted molar refractivity (Wildman–Crippen MR) is 75.6 cm³/mol. The van der Waals surface area contributed by atoms with Crippen molar-refractivity contribution in [2.45, 2.75) is 24.3 Å². The topological polar surface area (TPSA) is 81.2 Å². The van der Waals surface area contributed by atoms with Crippen LogP contribution in [0.1, 0.15) is 19.3 Å². The summed E-state index contributed by atoms with van der Waals surface area (Å²) < 4.78 is 27.9. The molecule has 0 aromatic carbocycles. The molecule has 110 valence electrons. The van der Waals surface area contributed by atoms with E-state index < -0.39 is 10.0 Å². The lowest BCUT2D eigenvalue weighted by molar-refractivity contribution is 0.257. The zero-order valence-electron chi connectivity index (χ0n) is 11.0. The fourth-order valence-corrected chi connectivity index (χ4v) is 4.12. The van der Waals surface area contributed by atoms with Crippen LogP contribution in [0.3, 0.4) is 0 Å². The lowest BCUT2D eigenvalue weighted by Gasteiger charge is -2.31. The van der Waals surface area contributed by atoms with E-state index in [1.165, 1.54) is 10.9 Å². The number of piperidine rings is 1. The number of hydrogen-bond donors (Lipinski definition) is 1. The summed E-state index contributed by atoms with van der Waals surface area (Å²) in [4.78, 5) is 0. The Morgan fingerprint density at radius 3 is 2.84 bits per heavy atom. The minimum atomic E-state index is -3.41. The molecule has 2 heterocycles. The van der Waals surface area contributed by atoms with Gasteiger partial charge >= 0.3 is 0 Å². The Hall–Kier alpha value is -0.630. The number of hydrogen-bond acceptors (Lipinski definition) is 4. The van der Waals surface area contributed by atoms with Crippen molar-refractivity contribution < 1.29 is 8.42 Å². The first-order valence-corrected chi connectivity index (χ1v) is 7.68. The van der Waals surface area contributed by atoms with Crippen LogP contribution in [-0.2, 0) is 17.1 Å². The van der Waals surface area contributed by atoms with Crippen LogP contribution in [0.15, 0.2) is 17.3 Å². The summed E-state index contributed by atoms with van der Waals surface area (Å²) in [5.41, 5.74) is 5.55. The first-order chi connectivity index (χ1) is 8.55. The van der Waals surface area contributed by atoms with E-state index in [2.05, 4.69) is 5.10 Å². The molecule has 0 saturated carbocycles. The van der Waals surface area contributed by atoms with Gasteiger partial charge in [-0.2, -0.15) is 9.40 Å². The number of aryl methyl sites for hydroxylation is 1. The van der Waals surface area contributed by atoms with Crippen LogP contribution in [0, 0.1) is 5.92 Å². The molecule has 1 unspecified atom stereocenters. The van der Waals surface area contributed by atoms with E-state index in [1.807, 2.05) is 0 Å². The third-order valence-corrected chi connectivity index (χ3v) is 5.38. The van der Waals surface area contributed by atoms with Gasteiger partial charge in [-0.15, -0.1) is 12.4 Å². The molecule has 1 atom stereocenters. The number of aromatic nitrogens is 2. The summed E-state index contributed by atoms with van der Waals surface area (Å²) >= 11 is 0. The van der Waals surface area contributed by atoms with Gasteiger partial charge in [0, 0.05) is 20.1 Å². The SMILES string of the molecule is Cl.Cn1nccc1S(=O)(=O)N1CCCC(CCN)C1. The summed E-state index contributed by atoms with van der Waals surface area (Å²) in [6.45, 7) is 1.78. The van der Waals surface area contributed by atoms with Crippen molar-refractivity contribution in [1.29, 1.82) is 0 Å². The maximum absolute atomic E-state index is 12.5. The maximum atomic E-state index is 12.5. The Morgan fingerprint density at radius 2 is 2.26 bits per heavy atom. The number of halogens is 1. The van der Waals surface area contributed by atoms with Gasteiger partial charge in [0.15, 0.2) is 5.03 Å². The van der Waals surface area contributed by atoms with Gasteiger partial charge < -0.3 is 5.73 Å². The molecule has 2 rings (SSSR count). The van der Waals surface area contributed by atoms with Crippen molar-refractivity contribution in [2.24, 2.45) is 18.7 Å². The first-order valence-electron chi connectivity index (χ1n) is 6.24. The zero-order valence-corrected chi connectivity index (χ0v) is 12.7. The van der Waals surface area contributed by atoms with Gasteiger partial charge in [-0.3, -0.25) is 4.68 Å². The molecule has 2 N–H and O–H groups in total. The van der Waals surface area contributed by atoms with Gasteiger partial charge in [-0.1, -0.05) is 0 Å². The zero-order chi connectivity index (χ0) is 13.2. The van der Waals surface area contributed by atoms with Crippen molar-refractivity contribution in [3.8, 4) is 0 Å². The van der Waals surface area contributed by atoms with Gasteiger partial charge in [0.25, 0.3) is 10.0 Å². The molecule has 1 aliphatic heterocycles. The van der Waals surface area contributed by atoms with Gasteiger partial charge in [0.05, 0.1) is 6.20 Å². The molecule has 0 bridgehead atoms. The summed E-state index contributed by atoms with van der Waals surface area (Å²) in [5.74, 6) is 0.381. The van der Waals surface area contributed by atoms with Gasteiger partial charge in [-0.25, -0.2) is 8.42 Å². The average molecular weight is 309 g/mol. The molecule has 1 aliphatic rings. The van der Waals surface area contributed by atoms with E-state index in [9.17, 15) is 8.42 Å². The monoisotopic (exact) mass is 308 g/mol. The fraction of sp³-hybridized carbons (Fsp3) is 0.727. The molecule has 0 aliphatic carbocycles. The van der Waals surface area contributed by atoms with E-state index in [0.29, 0.717) is 25.6 Å². The number of sulfonamides is 1. The summed E-state index contributed by atoms with van der Waals surface area (Å²) in [5, 5.41) is 4.18. The highest BCUT2D eigenvalue weighted by molar-refractivity contribution is 7.89. The van der Waals surface area contributed by atoms with Crippen LogP contribution in [0.2, 0.25) is 0 Å². The molecule has 0 radical (unpaired) electrons. The fourth-order valence-electron chi connectivity index (χ4n) is 2.46. The van der Waals surface area contributed by atoms with Crippen LogP contribution in [0.5, 0.6) is 0 Å². The van der Waals surface area contributed by atoms with Crippen molar-refractivity contribution in [3.63, 3.8) is 0 Å². The highest BCUT2D eigenvalue weighted by Gasteiger charge is 2.31. The average Bonchev–Trinajstić information content (AvgIpc) is 2.77. The Labute approximate surface area is 120 Å². The lowest BCUT2D eigenvalue weighted by Crippen LogP contribution is -2.41. The number of nitrogens with two attached hydrogens (primary N) is 1. The van der Waals surface area contributed by atoms with E-state index in [4.69, 9.17) is 5.73 Å². The molecule has 0 amide bonds. The van der Waals surface area contributed by atoms with Gasteiger partial charge in [0.1, 0.15) is 0 Å². The molecule has 0 spiro atoms. The van der Waals surface area contributed by atoms with Crippen molar-refractivity contribution in [3.05, 3.63) is 12.3 Å². The van der Waals surface area contributed by atoms with Crippen LogP contribution in [-0.4, -0.2) is 42.1 Å². The Balaban J connectivity index is 0.00000180. The normalized spacial score (nSPS) is 21.1. The molecular weight excluding hydrogens is 288 g/mol. The molecule has 1 aromatic heterocycles. The summed E-state index contributed by atoms with van der Waals surface area (Å²) in [6.07, 6.45) is 4.36. The number of rotatable bonds is 4. The van der Waals surface area contributed by atoms with Crippen LogP contribution in [0.25, 0.3) is 0 Å². The van der Waals surface area contributed by atoms with Crippen LogP contribution in [0.4, 0.5) is 0 Å². The Bertz CT molecular complexity index is 501. The van der Waals surface area contributed by atoms with E-state index in [1.54, 1.807) is 17.4 Å². The van der Waals surface area contributed by atoms with E-state index in [-0.39, 0.29) is 17.4 Å². The highest BCUT2D eigenvalue weighted by Crippen LogP contribution is 2.24. The van der Waals surface area contributed by atoms with Gasteiger partial charge in [0.2, 0.25) is 0 Å². The predicted octanol–water partition coefficient (Wildman–Crippen LogP) is 0.591. The first kappa shape index (κ1) is 16.4. The van der Waals surface area contributed by atoms with Crippen LogP contribution < -0.4 is 5.73 Å². The Morgan fingerprint density at radius 1 is 1.53 bits per heavy atom. The third-order valence-electron chi connectivity index (χ3n) is 3.44. The Kier molecular flexibility index (Phi) is 5.79. The highest BCUT2D eigenvalue weighted by atomic mass is 35.5. The quantitative estimate of drug-likeness (QED) is 0.883. The molecule has 19 heavy (non-hydrogen) atoms. The lowest BCUT2D eigenvalue weighted by atomic mass is 9.96. The van der Waals surface area contributed by atoms with E-state index in [0.717, 1.165) is 19.3 Å². The van der Waals surface area contributed by atoms with Gasteiger partial charge in [-0.05, 0) is 37.8 Å². The third kappa shape index (κ3) is 3.47. The smallest absolute Gasteiger partial charge is 0.260 e. The molecular formula is C11H21ClN4O2S. The van der Waals surface area contributed by atoms with Crippen molar-refractivity contribution >= 4 is 22.4 Å². The number of nitrogens with zero attached hydrogens (tertiary/aromatic N) is 3.